The van der Waals surface area contributed by atoms with Crippen LogP contribution in [0.1, 0.15) is 27.2 Å². The van der Waals surface area contributed by atoms with E-state index < -0.39 is 0 Å². The number of aryl methyl sites for hydroxylation is 1. The van der Waals surface area contributed by atoms with Crippen LogP contribution in [0.15, 0.2) is 60.9 Å². The first-order valence-corrected chi connectivity index (χ1v) is 8.07. The Morgan fingerprint density at radius 3 is 2.73 bits per heavy atom. The molecule has 26 heavy (non-hydrogen) atoms. The Balaban J connectivity index is 1.67. The number of amides is 1. The zero-order valence-electron chi connectivity index (χ0n) is 14.2. The maximum absolute atomic E-state index is 12.2. The van der Waals surface area contributed by atoms with Crippen LogP contribution in [-0.4, -0.2) is 15.9 Å². The van der Waals surface area contributed by atoms with Crippen molar-refractivity contribution in [2.45, 2.75) is 13.5 Å². The molecule has 0 atom stereocenters. The molecule has 3 rings (SSSR count). The molecule has 0 radical (unpaired) electrons. The molecule has 0 unspecified atom stereocenters. The van der Waals surface area contributed by atoms with Crippen LogP contribution in [0.25, 0.3) is 0 Å². The van der Waals surface area contributed by atoms with E-state index in [0.29, 0.717) is 29.2 Å². The lowest BCUT2D eigenvalue weighted by molar-refractivity contribution is 0.102. The maximum Gasteiger partial charge on any atom is 0.255 e. The van der Waals surface area contributed by atoms with E-state index in [4.69, 9.17) is 5.26 Å². The summed E-state index contributed by atoms with van der Waals surface area (Å²) in [4.78, 5) is 20.5. The first kappa shape index (κ1) is 17.1. The fourth-order valence-corrected chi connectivity index (χ4v) is 2.48. The average molecular weight is 343 g/mol. The van der Waals surface area contributed by atoms with Crippen LogP contribution in [0.5, 0.6) is 0 Å². The summed E-state index contributed by atoms with van der Waals surface area (Å²) in [5.41, 5.74) is 3.60. The van der Waals surface area contributed by atoms with Crippen molar-refractivity contribution < 1.29 is 4.79 Å². The molecule has 0 aliphatic carbocycles. The molecular formula is C20H17N5O. The predicted molar refractivity (Wildman–Crippen MR) is 99.6 cm³/mol. The molecule has 0 aliphatic heterocycles. The summed E-state index contributed by atoms with van der Waals surface area (Å²) in [6, 6.07) is 16.5. The monoisotopic (exact) mass is 343 g/mol. The molecule has 1 aromatic carbocycles. The van der Waals surface area contributed by atoms with Gasteiger partial charge >= 0.3 is 0 Å². The number of carbonyl (C=O) groups excluding carboxylic acids is 1. The number of rotatable bonds is 5. The van der Waals surface area contributed by atoms with Gasteiger partial charge in [0.05, 0.1) is 11.6 Å². The number of aromatic nitrogens is 2. The van der Waals surface area contributed by atoms with Gasteiger partial charge in [0.2, 0.25) is 0 Å². The van der Waals surface area contributed by atoms with Crippen LogP contribution < -0.4 is 10.6 Å². The van der Waals surface area contributed by atoms with Gasteiger partial charge in [-0.05, 0) is 48.9 Å². The van der Waals surface area contributed by atoms with Crippen molar-refractivity contribution >= 4 is 17.4 Å². The third-order valence-corrected chi connectivity index (χ3v) is 3.68. The van der Waals surface area contributed by atoms with Crippen molar-refractivity contribution in [1.29, 1.82) is 5.26 Å². The number of nitrogens with zero attached hydrogens (tertiary/aromatic N) is 3. The molecule has 2 aromatic heterocycles. The van der Waals surface area contributed by atoms with Crippen molar-refractivity contribution in [2.24, 2.45) is 0 Å². The molecule has 1 amide bonds. The molecular weight excluding hydrogens is 326 g/mol. The number of pyridine rings is 2. The first-order chi connectivity index (χ1) is 12.6. The van der Waals surface area contributed by atoms with Crippen molar-refractivity contribution in [2.75, 3.05) is 10.6 Å². The average Bonchev–Trinajstić information content (AvgIpc) is 2.67. The van der Waals surface area contributed by atoms with E-state index in [-0.39, 0.29) is 5.91 Å². The summed E-state index contributed by atoms with van der Waals surface area (Å²) in [7, 11) is 0. The second-order valence-electron chi connectivity index (χ2n) is 5.74. The van der Waals surface area contributed by atoms with Crippen molar-refractivity contribution in [3.8, 4) is 6.07 Å². The van der Waals surface area contributed by atoms with Gasteiger partial charge in [0.15, 0.2) is 0 Å². The van der Waals surface area contributed by atoms with Crippen LogP contribution >= 0.6 is 0 Å². The third-order valence-electron chi connectivity index (χ3n) is 3.68. The topological polar surface area (TPSA) is 90.7 Å². The molecule has 0 spiro atoms. The van der Waals surface area contributed by atoms with Gasteiger partial charge in [-0.3, -0.25) is 9.78 Å². The normalized spacial score (nSPS) is 10.0. The van der Waals surface area contributed by atoms with Crippen molar-refractivity contribution in [1.82, 2.24) is 9.97 Å². The lowest BCUT2D eigenvalue weighted by atomic mass is 10.2. The van der Waals surface area contributed by atoms with Gasteiger partial charge in [-0.1, -0.05) is 12.1 Å². The van der Waals surface area contributed by atoms with E-state index in [0.717, 1.165) is 11.3 Å². The second-order valence-corrected chi connectivity index (χ2v) is 5.74. The Morgan fingerprint density at radius 2 is 1.96 bits per heavy atom. The minimum Gasteiger partial charge on any atom is -0.366 e. The van der Waals surface area contributed by atoms with Crippen molar-refractivity contribution in [3.05, 3.63) is 83.3 Å². The molecule has 2 N–H and O–H groups in total. The van der Waals surface area contributed by atoms with Crippen LogP contribution in [0, 0.1) is 18.3 Å². The Kier molecular flexibility index (Phi) is 5.20. The Morgan fingerprint density at radius 1 is 1.15 bits per heavy atom. The quantitative estimate of drug-likeness (QED) is 0.739. The Labute approximate surface area is 151 Å². The van der Waals surface area contributed by atoms with Crippen LogP contribution in [0.3, 0.4) is 0 Å². The summed E-state index contributed by atoms with van der Waals surface area (Å²) in [6.07, 6.45) is 3.17. The summed E-state index contributed by atoms with van der Waals surface area (Å²) in [5, 5.41) is 15.1. The second kappa shape index (κ2) is 7.90. The molecule has 0 aliphatic rings. The van der Waals surface area contributed by atoms with Gasteiger partial charge in [0.25, 0.3) is 5.91 Å². The maximum atomic E-state index is 12.2. The number of anilines is 2. The molecule has 0 fully saturated rings. The van der Waals surface area contributed by atoms with Gasteiger partial charge in [-0.25, -0.2) is 4.98 Å². The fourth-order valence-electron chi connectivity index (χ4n) is 2.48. The molecule has 6 nitrogen and oxygen atoms in total. The number of hydrogen-bond acceptors (Lipinski definition) is 5. The zero-order valence-corrected chi connectivity index (χ0v) is 14.2. The molecule has 0 bridgehead atoms. The molecule has 128 valence electrons. The zero-order chi connectivity index (χ0) is 18.4. The van der Waals surface area contributed by atoms with Crippen LogP contribution in [0.2, 0.25) is 0 Å². The highest BCUT2D eigenvalue weighted by atomic mass is 16.1. The Hall–Kier alpha value is -3.72. The summed E-state index contributed by atoms with van der Waals surface area (Å²) in [5.74, 6) is 0.462. The van der Waals surface area contributed by atoms with Gasteiger partial charge in [-0.15, -0.1) is 0 Å². The highest BCUT2D eigenvalue weighted by molar-refractivity contribution is 6.04. The predicted octanol–water partition coefficient (Wildman–Crippen LogP) is 3.52. The van der Waals surface area contributed by atoms with E-state index in [9.17, 15) is 4.79 Å². The molecule has 6 heteroatoms. The molecule has 0 saturated heterocycles. The van der Waals surface area contributed by atoms with E-state index in [2.05, 4.69) is 26.7 Å². The lowest BCUT2D eigenvalue weighted by Crippen LogP contribution is -2.12. The minimum absolute atomic E-state index is 0.184. The van der Waals surface area contributed by atoms with Gasteiger partial charge in [0.1, 0.15) is 5.82 Å². The molecule has 0 saturated carbocycles. The van der Waals surface area contributed by atoms with E-state index >= 15 is 0 Å². The largest absolute Gasteiger partial charge is 0.366 e. The van der Waals surface area contributed by atoms with Gasteiger partial charge in [0, 0.05) is 35.9 Å². The Bertz CT molecular complexity index is 963. The first-order valence-electron chi connectivity index (χ1n) is 8.07. The van der Waals surface area contributed by atoms with Crippen LogP contribution in [-0.2, 0) is 6.54 Å². The number of benzene rings is 1. The third kappa shape index (κ3) is 4.42. The van der Waals surface area contributed by atoms with Crippen molar-refractivity contribution in [3.63, 3.8) is 0 Å². The summed E-state index contributed by atoms with van der Waals surface area (Å²) < 4.78 is 0. The van der Waals surface area contributed by atoms with Gasteiger partial charge < -0.3 is 10.6 Å². The summed E-state index contributed by atoms with van der Waals surface area (Å²) >= 11 is 0. The summed E-state index contributed by atoms with van der Waals surface area (Å²) in [6.45, 7) is 2.38. The SMILES string of the molecule is Cc1cc(C#N)cc(NCc2cccc(NC(=O)c3ccncc3)c2)n1. The van der Waals surface area contributed by atoms with E-state index in [1.807, 2.05) is 31.2 Å². The molecule has 3 aromatic rings. The minimum atomic E-state index is -0.184. The highest BCUT2D eigenvalue weighted by Gasteiger charge is 2.06. The highest BCUT2D eigenvalue weighted by Crippen LogP contribution is 2.15. The van der Waals surface area contributed by atoms with Crippen LogP contribution in [0.4, 0.5) is 11.5 Å². The fraction of sp³-hybridized carbons (Fsp3) is 0.100. The number of carbonyl (C=O) groups is 1. The van der Waals surface area contributed by atoms with E-state index in [1.54, 1.807) is 36.7 Å². The lowest BCUT2D eigenvalue weighted by Gasteiger charge is -2.10. The number of nitriles is 1. The smallest absolute Gasteiger partial charge is 0.255 e. The standard InChI is InChI=1S/C20H17N5O/c1-14-9-16(12-21)11-19(24-14)23-13-15-3-2-4-18(10-15)25-20(26)17-5-7-22-8-6-17/h2-11H,13H2,1H3,(H,23,24)(H,25,26). The number of nitrogens with one attached hydrogen (secondary N) is 2. The van der Waals surface area contributed by atoms with E-state index in [1.165, 1.54) is 0 Å². The number of hydrogen-bond donors (Lipinski definition) is 2. The molecule has 2 heterocycles. The van der Waals surface area contributed by atoms with Gasteiger partial charge in [-0.2, -0.15) is 5.26 Å².